The molecule has 2 aromatic carbocycles. The number of aliphatic hydroxyl groups excluding tert-OH is 1. The van der Waals surface area contributed by atoms with Crippen molar-refractivity contribution in [3.63, 3.8) is 0 Å². The van der Waals surface area contributed by atoms with Gasteiger partial charge in [-0.15, -0.1) is 0 Å². The molecule has 0 radical (unpaired) electrons. The Kier molecular flexibility index (Phi) is 2.77. The van der Waals surface area contributed by atoms with E-state index in [0.29, 0.717) is 5.56 Å². The zero-order valence-electron chi connectivity index (χ0n) is 11.0. The van der Waals surface area contributed by atoms with Gasteiger partial charge >= 0.3 is 5.97 Å². The number of hydrogen-bond donors (Lipinski definition) is 4. The fraction of sp³-hybridized carbons (Fsp3) is 0.133. The van der Waals surface area contributed by atoms with E-state index in [1.807, 2.05) is 0 Å². The number of benzene rings is 2. The number of aromatic hydroxyl groups is 3. The van der Waals surface area contributed by atoms with Crippen LogP contribution in [0.2, 0.25) is 0 Å². The summed E-state index contributed by atoms with van der Waals surface area (Å²) in [5.74, 6) is -1.99. The van der Waals surface area contributed by atoms with Gasteiger partial charge in [0.15, 0.2) is 0 Å². The first-order chi connectivity index (χ1) is 9.90. The number of aryl methyl sites for hydroxylation is 1. The lowest BCUT2D eigenvalue weighted by Gasteiger charge is -2.15. The van der Waals surface area contributed by atoms with Crippen LogP contribution < -0.4 is 4.74 Å². The molecule has 0 bridgehead atoms. The monoisotopic (exact) mass is 288 g/mol. The lowest BCUT2D eigenvalue weighted by atomic mass is 9.94. The number of aliphatic hydroxyl groups is 1. The average Bonchev–Trinajstić information content (AvgIpc) is 2.49. The summed E-state index contributed by atoms with van der Waals surface area (Å²) < 4.78 is 5.12. The van der Waals surface area contributed by atoms with E-state index < -0.39 is 17.8 Å². The van der Waals surface area contributed by atoms with E-state index in [1.165, 1.54) is 12.1 Å². The Bertz CT molecular complexity index is 765. The van der Waals surface area contributed by atoms with Crippen molar-refractivity contribution in [3.8, 4) is 23.0 Å². The van der Waals surface area contributed by atoms with Crippen molar-refractivity contribution in [2.45, 2.75) is 13.0 Å². The number of esters is 1. The number of carbonyl (C=O) groups is 1. The molecule has 4 N–H and O–H groups in total. The topological polar surface area (TPSA) is 107 Å². The van der Waals surface area contributed by atoms with Crippen LogP contribution in [-0.2, 0) is 0 Å². The number of carbonyl (C=O) groups excluding carboxylic acids is 1. The summed E-state index contributed by atoms with van der Waals surface area (Å²) in [7, 11) is 0. The molecule has 0 fully saturated rings. The predicted octanol–water partition coefficient (Wildman–Crippen LogP) is 1.73. The van der Waals surface area contributed by atoms with Crippen molar-refractivity contribution in [2.75, 3.05) is 0 Å². The minimum absolute atomic E-state index is 0.0139. The first-order valence-electron chi connectivity index (χ1n) is 6.18. The Morgan fingerprint density at radius 3 is 2.38 bits per heavy atom. The van der Waals surface area contributed by atoms with Crippen LogP contribution >= 0.6 is 0 Å². The maximum absolute atomic E-state index is 12.1. The third-order valence-electron chi connectivity index (χ3n) is 3.42. The average molecular weight is 288 g/mol. The Morgan fingerprint density at radius 2 is 1.67 bits per heavy atom. The number of hydrogen-bond acceptors (Lipinski definition) is 6. The quantitative estimate of drug-likeness (QED) is 0.334. The van der Waals surface area contributed by atoms with E-state index in [0.717, 1.165) is 12.1 Å². The highest BCUT2D eigenvalue weighted by molar-refractivity contribution is 5.97. The van der Waals surface area contributed by atoms with Crippen LogP contribution in [0.15, 0.2) is 24.3 Å². The fourth-order valence-corrected chi connectivity index (χ4v) is 2.49. The summed E-state index contributed by atoms with van der Waals surface area (Å²) in [5, 5.41) is 40.2. The molecule has 1 heterocycles. The minimum atomic E-state index is -1.51. The number of phenolic OH excluding ortho intramolecular Hbond substituents is 3. The standard InChI is InChI=1S/C15H12O6/c1-6-4-9(18)11-10(5-6)21-15(20)13-8(17)3-2-7(16)12(13)14(11)19/h2-5,14,16-19H,1H3. The Balaban J connectivity index is 2.36. The molecule has 21 heavy (non-hydrogen) atoms. The second-order valence-electron chi connectivity index (χ2n) is 4.88. The lowest BCUT2D eigenvalue weighted by Crippen LogP contribution is -2.10. The minimum Gasteiger partial charge on any atom is -0.508 e. The number of fused-ring (bicyclic) bond motifs is 2. The van der Waals surface area contributed by atoms with Crippen LogP contribution in [-0.4, -0.2) is 26.4 Å². The Labute approximate surface area is 119 Å². The summed E-state index contributed by atoms with van der Waals surface area (Å²) in [6.45, 7) is 1.69. The van der Waals surface area contributed by atoms with Gasteiger partial charge in [-0.2, -0.15) is 0 Å². The van der Waals surface area contributed by atoms with Gasteiger partial charge in [-0.05, 0) is 36.8 Å². The van der Waals surface area contributed by atoms with E-state index in [2.05, 4.69) is 0 Å². The molecule has 1 aliphatic rings. The molecule has 108 valence electrons. The van der Waals surface area contributed by atoms with Gasteiger partial charge in [-0.1, -0.05) is 0 Å². The maximum atomic E-state index is 12.1. The summed E-state index contributed by atoms with van der Waals surface area (Å²) in [6, 6.07) is 5.17. The largest absolute Gasteiger partial charge is 0.508 e. The zero-order valence-corrected chi connectivity index (χ0v) is 11.0. The Morgan fingerprint density at radius 1 is 1.00 bits per heavy atom. The van der Waals surface area contributed by atoms with E-state index in [9.17, 15) is 25.2 Å². The zero-order chi connectivity index (χ0) is 15.3. The highest BCUT2D eigenvalue weighted by Gasteiger charge is 2.34. The highest BCUT2D eigenvalue weighted by atomic mass is 16.5. The normalized spacial score (nSPS) is 16.7. The van der Waals surface area contributed by atoms with Crippen LogP contribution in [0.5, 0.6) is 23.0 Å². The third-order valence-corrected chi connectivity index (χ3v) is 3.42. The first kappa shape index (κ1) is 13.3. The van der Waals surface area contributed by atoms with Crippen LogP contribution in [0.4, 0.5) is 0 Å². The van der Waals surface area contributed by atoms with E-state index in [-0.39, 0.29) is 33.9 Å². The summed E-state index contributed by atoms with van der Waals surface area (Å²) in [4.78, 5) is 12.1. The van der Waals surface area contributed by atoms with Gasteiger partial charge in [0.1, 0.15) is 34.7 Å². The highest BCUT2D eigenvalue weighted by Crippen LogP contribution is 2.46. The molecule has 0 aromatic heterocycles. The lowest BCUT2D eigenvalue weighted by molar-refractivity contribution is 0.0732. The SMILES string of the molecule is Cc1cc(O)c2c(c1)OC(=O)c1c(O)ccc(O)c1C2O. The second kappa shape index (κ2) is 4.39. The summed E-state index contributed by atoms with van der Waals surface area (Å²) in [5.41, 5.74) is 0.0768. The van der Waals surface area contributed by atoms with Crippen LogP contribution in [0, 0.1) is 6.92 Å². The number of ether oxygens (including phenoxy) is 1. The molecule has 6 heteroatoms. The van der Waals surface area contributed by atoms with Crippen LogP contribution in [0.3, 0.4) is 0 Å². The van der Waals surface area contributed by atoms with Crippen molar-refractivity contribution >= 4 is 5.97 Å². The van der Waals surface area contributed by atoms with Crippen molar-refractivity contribution < 1.29 is 30.0 Å². The molecule has 0 aliphatic carbocycles. The van der Waals surface area contributed by atoms with E-state index in [1.54, 1.807) is 6.92 Å². The summed E-state index contributed by atoms with van der Waals surface area (Å²) in [6.07, 6.45) is -1.51. The third kappa shape index (κ3) is 1.88. The molecule has 2 aromatic rings. The van der Waals surface area contributed by atoms with E-state index in [4.69, 9.17) is 4.74 Å². The first-order valence-corrected chi connectivity index (χ1v) is 6.18. The molecule has 0 amide bonds. The molecule has 0 spiro atoms. The molecule has 0 saturated carbocycles. The van der Waals surface area contributed by atoms with Crippen LogP contribution in [0.25, 0.3) is 0 Å². The molecule has 3 rings (SSSR count). The molecule has 6 nitrogen and oxygen atoms in total. The predicted molar refractivity (Wildman–Crippen MR) is 71.6 cm³/mol. The second-order valence-corrected chi connectivity index (χ2v) is 4.88. The fourth-order valence-electron chi connectivity index (χ4n) is 2.49. The molecular weight excluding hydrogens is 276 g/mol. The molecule has 1 aliphatic heterocycles. The smallest absolute Gasteiger partial charge is 0.347 e. The van der Waals surface area contributed by atoms with Gasteiger partial charge in [-0.3, -0.25) is 0 Å². The van der Waals surface area contributed by atoms with Crippen LogP contribution in [0.1, 0.15) is 33.2 Å². The van der Waals surface area contributed by atoms with Gasteiger partial charge in [0.05, 0.1) is 5.56 Å². The van der Waals surface area contributed by atoms with Gasteiger partial charge in [-0.25, -0.2) is 4.79 Å². The van der Waals surface area contributed by atoms with E-state index >= 15 is 0 Å². The molecule has 1 atom stereocenters. The van der Waals surface area contributed by atoms with Gasteiger partial charge < -0.3 is 25.2 Å². The van der Waals surface area contributed by atoms with Crippen molar-refractivity contribution in [3.05, 3.63) is 46.5 Å². The molecular formula is C15H12O6. The van der Waals surface area contributed by atoms with Gasteiger partial charge in [0, 0.05) is 5.56 Å². The van der Waals surface area contributed by atoms with Gasteiger partial charge in [0.25, 0.3) is 0 Å². The van der Waals surface area contributed by atoms with Crippen molar-refractivity contribution in [2.24, 2.45) is 0 Å². The maximum Gasteiger partial charge on any atom is 0.347 e. The molecule has 0 saturated heterocycles. The number of rotatable bonds is 0. The van der Waals surface area contributed by atoms with Crippen molar-refractivity contribution in [1.82, 2.24) is 0 Å². The summed E-state index contributed by atoms with van der Waals surface area (Å²) >= 11 is 0. The van der Waals surface area contributed by atoms with Crippen molar-refractivity contribution in [1.29, 1.82) is 0 Å². The molecule has 1 unspecified atom stereocenters. The number of phenols is 3. The van der Waals surface area contributed by atoms with Gasteiger partial charge in [0.2, 0.25) is 0 Å². The Hall–Kier alpha value is -2.73.